The first-order valence-electron chi connectivity index (χ1n) is 3.57. The molecule has 0 amide bonds. The third-order valence-electron chi connectivity index (χ3n) is 2.40. The summed E-state index contributed by atoms with van der Waals surface area (Å²) in [5.41, 5.74) is 0. The Hall–Kier alpha value is 0.323. The van der Waals surface area contributed by atoms with Gasteiger partial charge in [0.05, 0.1) is 0 Å². The second-order valence-electron chi connectivity index (χ2n) is 3.00. The van der Waals surface area contributed by atoms with Crippen molar-refractivity contribution in [2.24, 2.45) is 0 Å². The van der Waals surface area contributed by atoms with Gasteiger partial charge in [-0.2, -0.15) is 0 Å². The number of nitrogens with zero attached hydrogens (tertiary/aromatic N) is 1. The summed E-state index contributed by atoms with van der Waals surface area (Å²) in [4.78, 5) is 2.45. The molecule has 0 aromatic heterocycles. The van der Waals surface area contributed by atoms with Gasteiger partial charge in [-0.15, -0.1) is 0 Å². The molecule has 2 atom stereocenters. The average molecular weight is 211 g/mol. The van der Waals surface area contributed by atoms with E-state index in [9.17, 15) is 0 Å². The van der Waals surface area contributed by atoms with E-state index in [1.54, 1.807) is 24.7 Å². The molecule has 2 bridgehead atoms. The van der Waals surface area contributed by atoms with Gasteiger partial charge in [0.1, 0.15) is 0 Å². The van der Waals surface area contributed by atoms with Crippen molar-refractivity contribution >= 4 is 0 Å². The van der Waals surface area contributed by atoms with Crippen LogP contribution >= 0.6 is 0 Å². The van der Waals surface area contributed by atoms with Gasteiger partial charge in [-0.3, -0.25) is 0 Å². The number of fused-ring (bicyclic) bond motifs is 2. The van der Waals surface area contributed by atoms with E-state index in [1.165, 1.54) is 6.42 Å². The molecule has 0 saturated carbocycles. The molecule has 0 aliphatic carbocycles. The Bertz CT molecular complexity index is 205. The van der Waals surface area contributed by atoms with E-state index in [-0.39, 0.29) is 0 Å². The van der Waals surface area contributed by atoms with Crippen molar-refractivity contribution in [1.82, 2.24) is 4.90 Å². The standard InChI is InChI=1S/C8H10N.Zr/c1-9-7-3-2-4-8(9)6-5-7;/h2-3,5-6,8H,4H2,1H3;. The van der Waals surface area contributed by atoms with Crippen LogP contribution in [0.25, 0.3) is 0 Å². The number of hydrogen-bond donors (Lipinski definition) is 0. The monoisotopic (exact) mass is 210 g/mol. The first-order valence-corrected chi connectivity index (χ1v) is 4.80. The average Bonchev–Trinajstić information content (AvgIpc) is 2.18. The van der Waals surface area contributed by atoms with Crippen molar-refractivity contribution in [1.29, 1.82) is 0 Å². The van der Waals surface area contributed by atoms with Crippen molar-refractivity contribution in [3.63, 3.8) is 0 Å². The van der Waals surface area contributed by atoms with Crippen molar-refractivity contribution in [2.45, 2.75) is 15.7 Å². The van der Waals surface area contributed by atoms with Gasteiger partial charge in [-0.1, -0.05) is 0 Å². The topological polar surface area (TPSA) is 3.24 Å². The van der Waals surface area contributed by atoms with Gasteiger partial charge in [0, 0.05) is 0 Å². The molecule has 2 aliphatic heterocycles. The molecule has 0 N–H and O–H groups in total. The Morgan fingerprint density at radius 3 is 3.00 bits per heavy atom. The van der Waals surface area contributed by atoms with Gasteiger partial charge in [0.2, 0.25) is 0 Å². The van der Waals surface area contributed by atoms with Crippen LogP contribution in [0.1, 0.15) is 6.42 Å². The van der Waals surface area contributed by atoms with Gasteiger partial charge < -0.3 is 0 Å². The van der Waals surface area contributed by atoms with E-state index in [0.29, 0.717) is 9.29 Å². The molecule has 2 heterocycles. The second kappa shape index (κ2) is 2.15. The normalized spacial score (nSPS) is 44.6. The Labute approximate surface area is 76.6 Å². The molecule has 0 aromatic carbocycles. The van der Waals surface area contributed by atoms with E-state index >= 15 is 0 Å². The van der Waals surface area contributed by atoms with Crippen LogP contribution in [0.3, 0.4) is 0 Å². The molecular formula is C8H10NZr. The Balaban J connectivity index is 2.41. The predicted molar refractivity (Wildman–Crippen MR) is 37.2 cm³/mol. The fourth-order valence-corrected chi connectivity index (χ4v) is 2.51. The molecule has 0 spiro atoms. The summed E-state index contributed by atoms with van der Waals surface area (Å²) in [6.45, 7) is 0. The van der Waals surface area contributed by atoms with E-state index in [1.807, 2.05) is 0 Å². The number of hydrogen-bond acceptors (Lipinski definition) is 1. The molecule has 2 unspecified atom stereocenters. The maximum atomic E-state index is 2.45. The SMILES string of the molecule is CN1C2C=C[C]1([Zr])C=CC2. The van der Waals surface area contributed by atoms with Crippen molar-refractivity contribution in [2.75, 3.05) is 7.05 Å². The molecular weight excluding hydrogens is 201 g/mol. The predicted octanol–water partition coefficient (Wildman–Crippen LogP) is 1.06. The minimum absolute atomic E-state index is 0.315. The van der Waals surface area contributed by atoms with E-state index in [4.69, 9.17) is 0 Å². The van der Waals surface area contributed by atoms with Crippen LogP contribution in [-0.4, -0.2) is 21.2 Å². The zero-order chi connectivity index (χ0) is 7.19. The summed E-state index contributed by atoms with van der Waals surface area (Å²) in [6.07, 6.45) is 10.5. The Morgan fingerprint density at radius 1 is 1.60 bits per heavy atom. The Morgan fingerprint density at radius 2 is 2.40 bits per heavy atom. The second-order valence-corrected chi connectivity index (χ2v) is 4.97. The first kappa shape index (κ1) is 7.00. The third kappa shape index (κ3) is 0.821. The van der Waals surface area contributed by atoms with Gasteiger partial charge in [-0.25, -0.2) is 0 Å². The zero-order valence-electron chi connectivity index (χ0n) is 6.04. The molecule has 2 rings (SSSR count). The summed E-state index contributed by atoms with van der Waals surface area (Å²) in [5, 5.41) is 0. The maximum absolute atomic E-state index is 2.45. The molecule has 0 saturated heterocycles. The molecule has 0 aromatic rings. The molecule has 0 fully saturated rings. The van der Waals surface area contributed by atoms with Crippen LogP contribution < -0.4 is 0 Å². The van der Waals surface area contributed by atoms with E-state index in [0.717, 1.165) is 0 Å². The van der Waals surface area contributed by atoms with Gasteiger partial charge in [0.25, 0.3) is 0 Å². The van der Waals surface area contributed by atoms with Crippen LogP contribution in [0.4, 0.5) is 0 Å². The Kier molecular flexibility index (Phi) is 1.51. The fourth-order valence-electron chi connectivity index (χ4n) is 1.58. The minimum atomic E-state index is 0.315. The van der Waals surface area contributed by atoms with Crippen LogP contribution in [0.5, 0.6) is 0 Å². The molecule has 0 radical (unpaired) electrons. The van der Waals surface area contributed by atoms with Crippen molar-refractivity contribution < 1.29 is 24.7 Å². The number of likely N-dealkylation sites (N-methyl/N-ethyl adjacent to an activating group) is 1. The van der Waals surface area contributed by atoms with Crippen LogP contribution in [-0.2, 0) is 24.7 Å². The van der Waals surface area contributed by atoms with Crippen LogP contribution in [0.15, 0.2) is 24.3 Å². The van der Waals surface area contributed by atoms with Gasteiger partial charge in [-0.05, 0) is 0 Å². The molecule has 1 nitrogen and oxygen atoms in total. The number of rotatable bonds is 0. The molecule has 51 valence electrons. The molecule has 2 heteroatoms. The van der Waals surface area contributed by atoms with Crippen LogP contribution in [0, 0.1) is 0 Å². The van der Waals surface area contributed by atoms with Gasteiger partial charge in [0.15, 0.2) is 0 Å². The quantitative estimate of drug-likeness (QED) is 0.542. The fraction of sp³-hybridized carbons (Fsp3) is 0.500. The summed E-state index contributed by atoms with van der Waals surface area (Å²) < 4.78 is 0.315. The van der Waals surface area contributed by atoms with Crippen LogP contribution in [0.2, 0.25) is 0 Å². The third-order valence-corrected chi connectivity index (χ3v) is 4.09. The molecule has 10 heavy (non-hydrogen) atoms. The van der Waals surface area contributed by atoms with Crippen molar-refractivity contribution in [3.8, 4) is 0 Å². The summed E-state index contributed by atoms with van der Waals surface area (Å²) in [5.74, 6) is 0. The first-order chi connectivity index (χ1) is 4.72. The zero-order valence-corrected chi connectivity index (χ0v) is 8.50. The van der Waals surface area contributed by atoms with Crippen molar-refractivity contribution in [3.05, 3.63) is 24.3 Å². The summed E-state index contributed by atoms with van der Waals surface area (Å²) >= 11 is 1.57. The molecule has 2 aliphatic rings. The summed E-state index contributed by atoms with van der Waals surface area (Å²) in [7, 11) is 2.21. The van der Waals surface area contributed by atoms with Gasteiger partial charge >= 0.3 is 76.7 Å². The van der Waals surface area contributed by atoms with E-state index < -0.39 is 0 Å². The van der Waals surface area contributed by atoms with E-state index in [2.05, 4.69) is 36.3 Å². The summed E-state index contributed by atoms with van der Waals surface area (Å²) in [6, 6.07) is 0.685.